The summed E-state index contributed by atoms with van der Waals surface area (Å²) in [6, 6.07) is 16.9. The number of ketones is 1. The highest BCUT2D eigenvalue weighted by molar-refractivity contribution is 6.20. The molecule has 0 radical (unpaired) electrons. The van der Waals surface area contributed by atoms with Crippen molar-refractivity contribution in [3.8, 4) is 0 Å². The Morgan fingerprint density at radius 2 is 1.74 bits per heavy atom. The van der Waals surface area contributed by atoms with Gasteiger partial charge in [-0.1, -0.05) is 61.0 Å². The first-order valence-corrected chi connectivity index (χ1v) is 12.2. The van der Waals surface area contributed by atoms with Gasteiger partial charge >= 0.3 is 0 Å². The number of hydrogen-bond acceptors (Lipinski definition) is 5. The maximum Gasteiger partial charge on any atom is 0.253 e. The number of para-hydroxylation sites is 1. The molecule has 7 heteroatoms. The van der Waals surface area contributed by atoms with Crippen LogP contribution in [0.1, 0.15) is 37.3 Å². The Kier molecular flexibility index (Phi) is 8.21. The zero-order valence-corrected chi connectivity index (χ0v) is 20.2. The zero-order valence-electron chi connectivity index (χ0n) is 20.2. The predicted molar refractivity (Wildman–Crippen MR) is 138 cm³/mol. The van der Waals surface area contributed by atoms with Crippen molar-refractivity contribution >= 4 is 29.0 Å². The molecule has 2 aromatic rings. The Morgan fingerprint density at radius 3 is 2.49 bits per heavy atom. The van der Waals surface area contributed by atoms with Crippen LogP contribution in [0.15, 0.2) is 71.7 Å². The van der Waals surface area contributed by atoms with Gasteiger partial charge in [0.25, 0.3) is 5.91 Å². The van der Waals surface area contributed by atoms with E-state index in [4.69, 9.17) is 4.99 Å². The lowest BCUT2D eigenvalue weighted by atomic mass is 10.0. The number of amides is 2. The molecule has 2 amide bonds. The van der Waals surface area contributed by atoms with Crippen molar-refractivity contribution < 1.29 is 14.4 Å². The van der Waals surface area contributed by atoms with Crippen LogP contribution in [0.5, 0.6) is 0 Å². The summed E-state index contributed by atoms with van der Waals surface area (Å²) in [7, 11) is 0. The monoisotopic (exact) mass is 472 g/mol. The third kappa shape index (κ3) is 6.31. The van der Waals surface area contributed by atoms with Gasteiger partial charge in [-0.2, -0.15) is 0 Å². The first-order chi connectivity index (χ1) is 17.0. The summed E-state index contributed by atoms with van der Waals surface area (Å²) < 4.78 is 0. The fourth-order valence-electron chi connectivity index (χ4n) is 4.58. The standard InChI is InChI=1S/C28H32N4O3/c1-21(33)11-10-16-29-26(34)20-32-25-15-7-6-14-23(25)27(22-12-4-2-5-13-22)30-24(28(32)35)19-31-17-8-3-9-18-31/h2,4-7,10-15,24H,3,8-9,16-20H2,1H3,(H,29,34)/b11-10+/t24-/m1/s1. The lowest BCUT2D eigenvalue weighted by Gasteiger charge is -2.30. The molecule has 4 rings (SSSR count). The SMILES string of the molecule is CC(=O)/C=C/CNC(=O)CN1C(=O)[C@@H](CN2CCCCC2)N=C(c2ccccc2)c2ccccc21. The van der Waals surface area contributed by atoms with Crippen LogP contribution in [-0.4, -0.2) is 67.0 Å². The molecule has 182 valence electrons. The van der Waals surface area contributed by atoms with E-state index in [2.05, 4.69) is 10.2 Å². The number of carbonyl (C=O) groups is 3. The normalized spacial score (nSPS) is 18.7. The van der Waals surface area contributed by atoms with Gasteiger partial charge in [-0.25, -0.2) is 0 Å². The van der Waals surface area contributed by atoms with Crippen molar-refractivity contribution in [2.75, 3.05) is 37.6 Å². The molecule has 35 heavy (non-hydrogen) atoms. The Labute approximate surface area is 206 Å². The van der Waals surface area contributed by atoms with Crippen LogP contribution < -0.4 is 10.2 Å². The van der Waals surface area contributed by atoms with Gasteiger partial charge in [-0.05, 0) is 45.0 Å². The number of anilines is 1. The highest BCUT2D eigenvalue weighted by atomic mass is 16.2. The molecule has 0 aliphatic carbocycles. The van der Waals surface area contributed by atoms with Gasteiger partial charge in [0, 0.05) is 24.2 Å². The van der Waals surface area contributed by atoms with Crippen LogP contribution in [0.3, 0.4) is 0 Å². The molecule has 2 heterocycles. The van der Waals surface area contributed by atoms with Crippen molar-refractivity contribution in [3.63, 3.8) is 0 Å². The van der Waals surface area contributed by atoms with Gasteiger partial charge in [-0.15, -0.1) is 0 Å². The second kappa shape index (κ2) is 11.7. The Morgan fingerprint density at radius 1 is 1.03 bits per heavy atom. The fourth-order valence-corrected chi connectivity index (χ4v) is 4.58. The van der Waals surface area contributed by atoms with Crippen LogP contribution in [0.2, 0.25) is 0 Å². The average Bonchev–Trinajstić information content (AvgIpc) is 2.98. The van der Waals surface area contributed by atoms with E-state index < -0.39 is 6.04 Å². The highest BCUT2D eigenvalue weighted by Gasteiger charge is 2.34. The van der Waals surface area contributed by atoms with Crippen molar-refractivity contribution in [3.05, 3.63) is 77.9 Å². The summed E-state index contributed by atoms with van der Waals surface area (Å²) in [5.74, 6) is -0.549. The summed E-state index contributed by atoms with van der Waals surface area (Å²) >= 11 is 0. The molecule has 2 aliphatic heterocycles. The van der Waals surface area contributed by atoms with E-state index in [1.165, 1.54) is 19.4 Å². The second-order valence-corrected chi connectivity index (χ2v) is 8.98. The molecule has 0 unspecified atom stereocenters. The Hall–Kier alpha value is -3.58. The van der Waals surface area contributed by atoms with Crippen LogP contribution in [0, 0.1) is 0 Å². The largest absolute Gasteiger partial charge is 0.351 e. The summed E-state index contributed by atoms with van der Waals surface area (Å²) in [5, 5.41) is 2.78. The summed E-state index contributed by atoms with van der Waals surface area (Å²) in [6.07, 6.45) is 6.48. The highest BCUT2D eigenvalue weighted by Crippen LogP contribution is 2.29. The summed E-state index contributed by atoms with van der Waals surface area (Å²) in [6.45, 7) is 4.01. The molecule has 2 aliphatic rings. The first-order valence-electron chi connectivity index (χ1n) is 12.2. The number of benzene rings is 2. The number of carbonyl (C=O) groups excluding carboxylic acids is 3. The minimum atomic E-state index is -0.610. The van der Waals surface area contributed by atoms with Gasteiger partial charge in [0.05, 0.1) is 11.4 Å². The van der Waals surface area contributed by atoms with E-state index in [9.17, 15) is 14.4 Å². The number of rotatable bonds is 8. The van der Waals surface area contributed by atoms with Crippen LogP contribution in [0.25, 0.3) is 0 Å². The number of piperidine rings is 1. The van der Waals surface area contributed by atoms with Gasteiger partial charge in [0.1, 0.15) is 12.6 Å². The van der Waals surface area contributed by atoms with E-state index >= 15 is 0 Å². The number of nitrogens with zero attached hydrogens (tertiary/aromatic N) is 3. The predicted octanol–water partition coefficient (Wildman–Crippen LogP) is 2.99. The van der Waals surface area contributed by atoms with Crippen molar-refractivity contribution in [1.29, 1.82) is 0 Å². The molecule has 7 nitrogen and oxygen atoms in total. The van der Waals surface area contributed by atoms with E-state index in [-0.39, 0.29) is 30.7 Å². The summed E-state index contributed by atoms with van der Waals surface area (Å²) in [5.41, 5.74) is 3.22. The molecule has 0 aromatic heterocycles. The van der Waals surface area contributed by atoms with Crippen LogP contribution in [0.4, 0.5) is 5.69 Å². The zero-order chi connectivity index (χ0) is 24.6. The molecule has 1 atom stereocenters. The van der Waals surface area contributed by atoms with E-state index in [1.54, 1.807) is 11.0 Å². The van der Waals surface area contributed by atoms with Gasteiger partial charge in [0.15, 0.2) is 5.78 Å². The minimum Gasteiger partial charge on any atom is -0.351 e. The second-order valence-electron chi connectivity index (χ2n) is 8.98. The molecule has 0 saturated carbocycles. The van der Waals surface area contributed by atoms with E-state index in [1.807, 2.05) is 54.6 Å². The van der Waals surface area contributed by atoms with Crippen molar-refractivity contribution in [1.82, 2.24) is 10.2 Å². The van der Waals surface area contributed by atoms with Crippen LogP contribution in [-0.2, 0) is 14.4 Å². The first kappa shape index (κ1) is 24.5. The molecular formula is C28H32N4O3. The van der Waals surface area contributed by atoms with E-state index in [0.29, 0.717) is 12.2 Å². The lowest BCUT2D eigenvalue weighted by molar-refractivity contribution is -0.124. The Balaban J connectivity index is 1.67. The van der Waals surface area contributed by atoms with Gasteiger partial charge in [-0.3, -0.25) is 19.4 Å². The third-order valence-electron chi connectivity index (χ3n) is 6.28. The van der Waals surface area contributed by atoms with Gasteiger partial charge < -0.3 is 15.1 Å². The number of fused-ring (bicyclic) bond motifs is 1. The van der Waals surface area contributed by atoms with Crippen molar-refractivity contribution in [2.24, 2.45) is 4.99 Å². The number of nitrogens with one attached hydrogen (secondary N) is 1. The maximum absolute atomic E-state index is 13.9. The lowest BCUT2D eigenvalue weighted by Crippen LogP contribution is -2.48. The van der Waals surface area contributed by atoms with E-state index in [0.717, 1.165) is 42.8 Å². The smallest absolute Gasteiger partial charge is 0.253 e. The fraction of sp³-hybridized carbons (Fsp3) is 0.357. The number of likely N-dealkylation sites (tertiary alicyclic amines) is 1. The molecule has 0 bridgehead atoms. The molecule has 1 fully saturated rings. The van der Waals surface area contributed by atoms with Crippen molar-refractivity contribution in [2.45, 2.75) is 32.2 Å². The van der Waals surface area contributed by atoms with Crippen LogP contribution >= 0.6 is 0 Å². The average molecular weight is 473 g/mol. The quantitative estimate of drug-likeness (QED) is 0.599. The third-order valence-corrected chi connectivity index (χ3v) is 6.28. The topological polar surface area (TPSA) is 82.1 Å². The van der Waals surface area contributed by atoms with Gasteiger partial charge in [0.2, 0.25) is 5.91 Å². The number of benzodiazepines with no additional fused rings is 1. The molecule has 1 saturated heterocycles. The number of hydrogen-bond donors (Lipinski definition) is 1. The maximum atomic E-state index is 13.9. The minimum absolute atomic E-state index is 0.0815. The molecule has 2 aromatic carbocycles. The number of allylic oxidation sites excluding steroid dienone is 1. The molecule has 0 spiro atoms. The Bertz CT molecular complexity index is 1120. The molecular weight excluding hydrogens is 440 g/mol. The number of aliphatic imine (C=N–C) groups is 1. The summed E-state index contributed by atoms with van der Waals surface area (Å²) in [4.78, 5) is 46.7. The molecule has 1 N–H and O–H groups in total.